The minimum Gasteiger partial charge on any atom is -0.458 e. The summed E-state index contributed by atoms with van der Waals surface area (Å²) in [6.07, 6.45) is 4.85. The Morgan fingerprint density at radius 2 is 2.06 bits per heavy atom. The van der Waals surface area contributed by atoms with Crippen LogP contribution in [0.4, 0.5) is 0 Å². The first-order valence-corrected chi connectivity index (χ1v) is 6.03. The second-order valence-corrected chi connectivity index (χ2v) is 4.79. The monoisotopic (exact) mass is 221 g/mol. The molecule has 0 amide bonds. The Labute approximate surface area is 96.0 Å². The predicted molar refractivity (Wildman–Crippen MR) is 62.5 cm³/mol. The molecule has 0 unspecified atom stereocenters. The van der Waals surface area contributed by atoms with Gasteiger partial charge in [0.1, 0.15) is 5.76 Å². The Hall–Kier alpha value is -1.09. The molecular weight excluding hydrogens is 202 g/mol. The Balaban J connectivity index is 2.04. The molecule has 1 heterocycles. The topological polar surface area (TPSA) is 56.2 Å². The van der Waals surface area contributed by atoms with E-state index in [9.17, 15) is 4.79 Å². The van der Waals surface area contributed by atoms with Crippen LogP contribution in [0.5, 0.6) is 0 Å². The molecule has 0 radical (unpaired) electrons. The van der Waals surface area contributed by atoms with Crippen LogP contribution in [0.25, 0.3) is 0 Å². The Morgan fingerprint density at radius 3 is 2.69 bits per heavy atom. The van der Waals surface area contributed by atoms with Gasteiger partial charge in [-0.05, 0) is 30.9 Å². The van der Waals surface area contributed by atoms with Crippen LogP contribution in [-0.2, 0) is 0 Å². The second-order valence-electron chi connectivity index (χ2n) is 4.79. The van der Waals surface area contributed by atoms with Crippen LogP contribution in [0.2, 0.25) is 0 Å². The van der Waals surface area contributed by atoms with Gasteiger partial charge in [-0.1, -0.05) is 19.8 Å². The third-order valence-corrected chi connectivity index (χ3v) is 3.51. The van der Waals surface area contributed by atoms with Crippen molar-refractivity contribution < 1.29 is 9.21 Å². The van der Waals surface area contributed by atoms with Crippen molar-refractivity contribution in [3.05, 3.63) is 23.7 Å². The zero-order valence-electron chi connectivity index (χ0n) is 9.74. The van der Waals surface area contributed by atoms with E-state index >= 15 is 0 Å². The van der Waals surface area contributed by atoms with Crippen LogP contribution in [-0.4, -0.2) is 12.3 Å². The van der Waals surface area contributed by atoms with Gasteiger partial charge in [-0.2, -0.15) is 0 Å². The van der Waals surface area contributed by atoms with Crippen LogP contribution in [0.3, 0.4) is 0 Å². The van der Waals surface area contributed by atoms with Crippen molar-refractivity contribution in [3.63, 3.8) is 0 Å². The minimum atomic E-state index is -0.115. The van der Waals surface area contributed by atoms with Gasteiger partial charge in [-0.25, -0.2) is 0 Å². The maximum atomic E-state index is 11.3. The van der Waals surface area contributed by atoms with E-state index in [0.29, 0.717) is 11.7 Å². The highest BCUT2D eigenvalue weighted by Crippen LogP contribution is 2.36. The maximum absolute atomic E-state index is 11.3. The molecule has 1 aliphatic carbocycles. The molecule has 1 saturated carbocycles. The summed E-state index contributed by atoms with van der Waals surface area (Å²) in [4.78, 5) is 11.3. The number of rotatable bonds is 3. The summed E-state index contributed by atoms with van der Waals surface area (Å²) in [5.41, 5.74) is 5.30. The van der Waals surface area contributed by atoms with E-state index in [1.54, 1.807) is 6.07 Å². The average molecular weight is 221 g/mol. The van der Waals surface area contributed by atoms with E-state index in [1.165, 1.54) is 25.7 Å². The first-order chi connectivity index (χ1) is 7.70. The molecule has 88 valence electrons. The van der Waals surface area contributed by atoms with Gasteiger partial charge < -0.3 is 10.2 Å². The quantitative estimate of drug-likeness (QED) is 0.798. The van der Waals surface area contributed by atoms with Crippen molar-refractivity contribution in [3.8, 4) is 0 Å². The standard InChI is InChI=1S/C13H19NO2/c1-9-2-4-10(5-3-9)12-6-7-13(16-12)11(15)8-14/h6-7,9-10H,2-5,8,14H2,1H3. The number of Topliss-reactive ketones (excluding diaryl/α,β-unsaturated/α-hetero) is 1. The number of furan rings is 1. The predicted octanol–water partition coefficient (Wildman–Crippen LogP) is 2.71. The van der Waals surface area contributed by atoms with Crippen LogP contribution >= 0.6 is 0 Å². The molecule has 16 heavy (non-hydrogen) atoms. The average Bonchev–Trinajstić information content (AvgIpc) is 2.78. The maximum Gasteiger partial charge on any atom is 0.211 e. The molecule has 0 bridgehead atoms. The number of hydrogen-bond acceptors (Lipinski definition) is 3. The Bertz CT molecular complexity index is 362. The van der Waals surface area contributed by atoms with Gasteiger partial charge in [0.15, 0.2) is 5.76 Å². The van der Waals surface area contributed by atoms with E-state index in [1.807, 2.05) is 6.07 Å². The third-order valence-electron chi connectivity index (χ3n) is 3.51. The molecule has 0 atom stereocenters. The normalized spacial score (nSPS) is 25.6. The molecule has 0 saturated heterocycles. The highest BCUT2D eigenvalue weighted by atomic mass is 16.3. The summed E-state index contributed by atoms with van der Waals surface area (Å²) in [6, 6.07) is 3.69. The van der Waals surface area contributed by atoms with Crippen molar-refractivity contribution in [2.75, 3.05) is 6.54 Å². The summed E-state index contributed by atoms with van der Waals surface area (Å²) < 4.78 is 5.58. The highest BCUT2D eigenvalue weighted by Gasteiger charge is 2.23. The number of nitrogens with two attached hydrogens (primary N) is 1. The van der Waals surface area contributed by atoms with E-state index in [4.69, 9.17) is 10.2 Å². The van der Waals surface area contributed by atoms with Crippen molar-refractivity contribution >= 4 is 5.78 Å². The fourth-order valence-corrected chi connectivity index (χ4v) is 2.37. The molecule has 1 aromatic heterocycles. The first-order valence-electron chi connectivity index (χ1n) is 6.03. The van der Waals surface area contributed by atoms with Crippen molar-refractivity contribution in [2.45, 2.75) is 38.5 Å². The number of ketones is 1. The molecule has 3 heteroatoms. The van der Waals surface area contributed by atoms with Gasteiger partial charge >= 0.3 is 0 Å². The summed E-state index contributed by atoms with van der Waals surface area (Å²) in [7, 11) is 0. The smallest absolute Gasteiger partial charge is 0.211 e. The van der Waals surface area contributed by atoms with Gasteiger partial charge in [0.2, 0.25) is 5.78 Å². The summed E-state index contributed by atoms with van der Waals surface area (Å²) in [6.45, 7) is 2.32. The fourth-order valence-electron chi connectivity index (χ4n) is 2.37. The lowest BCUT2D eigenvalue weighted by molar-refractivity contribution is 0.0972. The lowest BCUT2D eigenvalue weighted by Crippen LogP contribution is -2.13. The SMILES string of the molecule is CC1CCC(c2ccc(C(=O)CN)o2)CC1. The molecule has 1 fully saturated rings. The summed E-state index contributed by atoms with van der Waals surface area (Å²) in [5.74, 6) is 2.59. The minimum absolute atomic E-state index is 0.0225. The zero-order chi connectivity index (χ0) is 11.5. The second kappa shape index (κ2) is 4.83. The third kappa shape index (κ3) is 2.35. The molecule has 1 aliphatic rings. The van der Waals surface area contributed by atoms with Gasteiger partial charge in [0, 0.05) is 5.92 Å². The van der Waals surface area contributed by atoms with E-state index in [2.05, 4.69) is 6.92 Å². The molecule has 2 N–H and O–H groups in total. The fraction of sp³-hybridized carbons (Fsp3) is 0.615. The van der Waals surface area contributed by atoms with Gasteiger partial charge in [0.05, 0.1) is 6.54 Å². The van der Waals surface area contributed by atoms with Crippen molar-refractivity contribution in [2.24, 2.45) is 11.7 Å². The van der Waals surface area contributed by atoms with Crippen LogP contribution < -0.4 is 5.73 Å². The highest BCUT2D eigenvalue weighted by molar-refractivity contribution is 5.94. The van der Waals surface area contributed by atoms with Gasteiger partial charge in [-0.3, -0.25) is 4.79 Å². The lowest BCUT2D eigenvalue weighted by atomic mass is 9.82. The molecule has 0 aliphatic heterocycles. The first kappa shape index (κ1) is 11.4. The largest absolute Gasteiger partial charge is 0.458 e. The van der Waals surface area contributed by atoms with Crippen molar-refractivity contribution in [1.29, 1.82) is 0 Å². The van der Waals surface area contributed by atoms with Gasteiger partial charge in [0.25, 0.3) is 0 Å². The Morgan fingerprint density at radius 1 is 1.38 bits per heavy atom. The molecule has 3 nitrogen and oxygen atoms in total. The molecular formula is C13H19NO2. The lowest BCUT2D eigenvalue weighted by Gasteiger charge is -2.24. The number of hydrogen-bond donors (Lipinski definition) is 1. The summed E-state index contributed by atoms with van der Waals surface area (Å²) >= 11 is 0. The number of carbonyl (C=O) groups is 1. The molecule has 0 aromatic carbocycles. The molecule has 0 spiro atoms. The molecule has 1 aromatic rings. The van der Waals surface area contributed by atoms with Crippen LogP contribution in [0, 0.1) is 5.92 Å². The van der Waals surface area contributed by atoms with E-state index in [0.717, 1.165) is 11.7 Å². The summed E-state index contributed by atoms with van der Waals surface area (Å²) in [5, 5.41) is 0. The van der Waals surface area contributed by atoms with E-state index in [-0.39, 0.29) is 12.3 Å². The van der Waals surface area contributed by atoms with E-state index < -0.39 is 0 Å². The van der Waals surface area contributed by atoms with Gasteiger partial charge in [-0.15, -0.1) is 0 Å². The number of carbonyl (C=O) groups excluding carboxylic acids is 1. The zero-order valence-corrected chi connectivity index (χ0v) is 9.74. The van der Waals surface area contributed by atoms with Crippen molar-refractivity contribution in [1.82, 2.24) is 0 Å². The molecule has 2 rings (SSSR count). The van der Waals surface area contributed by atoms with Crippen LogP contribution in [0.1, 0.15) is 54.8 Å². The Kier molecular flexibility index (Phi) is 3.44. The van der Waals surface area contributed by atoms with Crippen LogP contribution in [0.15, 0.2) is 16.5 Å².